The van der Waals surface area contributed by atoms with E-state index in [2.05, 4.69) is 20.3 Å². The van der Waals surface area contributed by atoms with Gasteiger partial charge < -0.3 is 19.8 Å². The first-order chi connectivity index (χ1) is 11.5. The van der Waals surface area contributed by atoms with Crippen LogP contribution in [0.5, 0.6) is 0 Å². The van der Waals surface area contributed by atoms with Gasteiger partial charge in [0, 0.05) is 25.7 Å². The topological polar surface area (TPSA) is 95.9 Å². The predicted octanol–water partition coefficient (Wildman–Crippen LogP) is 1.22. The summed E-state index contributed by atoms with van der Waals surface area (Å²) in [5.74, 6) is -0.273. The molecule has 128 valence electrons. The molecule has 1 aliphatic rings. The molecule has 24 heavy (non-hydrogen) atoms. The predicted molar refractivity (Wildman–Crippen MR) is 87.8 cm³/mol. The number of nitrogens with zero attached hydrogens (tertiary/aromatic N) is 4. The number of hydrogen-bond acceptors (Lipinski definition) is 4. The van der Waals surface area contributed by atoms with Gasteiger partial charge in [-0.1, -0.05) is 0 Å². The summed E-state index contributed by atoms with van der Waals surface area (Å²) < 4.78 is 1.71. The number of H-pyrrole nitrogens is 1. The fourth-order valence-corrected chi connectivity index (χ4v) is 3.14. The molecule has 2 amide bonds. The van der Waals surface area contributed by atoms with Crippen LogP contribution in [0.3, 0.4) is 0 Å². The van der Waals surface area contributed by atoms with Crippen LogP contribution in [0, 0.1) is 0 Å². The lowest BCUT2D eigenvalue weighted by Gasteiger charge is -2.37. The number of likely N-dealkylation sites (tertiary alicyclic amines) is 1. The van der Waals surface area contributed by atoms with Crippen LogP contribution < -0.4 is 5.32 Å². The molecule has 0 radical (unpaired) electrons. The molecule has 1 fully saturated rings. The van der Waals surface area contributed by atoms with Crippen molar-refractivity contribution in [3.8, 4) is 0 Å². The Bertz CT molecular complexity index is 755. The van der Waals surface area contributed by atoms with Crippen LogP contribution in [0.1, 0.15) is 40.7 Å². The quantitative estimate of drug-likeness (QED) is 0.870. The summed E-state index contributed by atoms with van der Waals surface area (Å²) in [6.45, 7) is 2.57. The zero-order valence-electron chi connectivity index (χ0n) is 13.5. The second kappa shape index (κ2) is 6.64. The summed E-state index contributed by atoms with van der Waals surface area (Å²) in [5.41, 5.74) is 0.900. The number of aromatic nitrogens is 4. The molecule has 0 saturated carbocycles. The number of carbonyl (C=O) groups excluding carboxylic acids is 2. The van der Waals surface area contributed by atoms with E-state index in [0.29, 0.717) is 30.8 Å². The molecule has 3 rings (SSSR count). The van der Waals surface area contributed by atoms with Crippen molar-refractivity contribution in [1.82, 2.24) is 29.7 Å². The van der Waals surface area contributed by atoms with Gasteiger partial charge in [0.05, 0.1) is 18.7 Å². The summed E-state index contributed by atoms with van der Waals surface area (Å²) in [4.78, 5) is 37.1. The van der Waals surface area contributed by atoms with Gasteiger partial charge in [0.25, 0.3) is 11.8 Å². The summed E-state index contributed by atoms with van der Waals surface area (Å²) in [7, 11) is 1.80. The number of amides is 2. The van der Waals surface area contributed by atoms with Gasteiger partial charge in [0.1, 0.15) is 11.4 Å². The smallest absolute Gasteiger partial charge is 0.272 e. The Kier molecular flexibility index (Phi) is 4.57. The van der Waals surface area contributed by atoms with E-state index in [0.717, 1.165) is 0 Å². The van der Waals surface area contributed by atoms with Crippen LogP contribution >= 0.6 is 11.6 Å². The second-order valence-electron chi connectivity index (χ2n) is 6.02. The van der Waals surface area contributed by atoms with Crippen molar-refractivity contribution in [3.05, 3.63) is 35.4 Å². The maximum Gasteiger partial charge on any atom is 0.272 e. The first kappa shape index (κ1) is 16.5. The highest BCUT2D eigenvalue weighted by Crippen LogP contribution is 2.20. The largest absolute Gasteiger partial charge is 0.348 e. The number of carbonyl (C=O) groups is 2. The number of piperidine rings is 1. The number of aromatic amines is 1. The molecule has 2 N–H and O–H groups in total. The van der Waals surface area contributed by atoms with Crippen LogP contribution in [-0.4, -0.2) is 54.9 Å². The standard InChI is InChI=1S/C15H19ClN6O2/c1-9-5-10(19-13(23)11-6-18-15(16)20-11)3-4-22(9)14(24)12-7-17-8-21(12)2/h6-10H,3-5H2,1-2H3,(H,18,20)(H,19,23). The Morgan fingerprint density at radius 1 is 1.42 bits per heavy atom. The first-order valence-electron chi connectivity index (χ1n) is 7.74. The molecule has 0 bridgehead atoms. The third-order valence-electron chi connectivity index (χ3n) is 4.30. The Morgan fingerprint density at radius 3 is 2.79 bits per heavy atom. The number of hydrogen-bond donors (Lipinski definition) is 2. The lowest BCUT2D eigenvalue weighted by Crippen LogP contribution is -2.51. The highest BCUT2D eigenvalue weighted by atomic mass is 35.5. The molecule has 2 unspecified atom stereocenters. The molecule has 2 atom stereocenters. The first-order valence-corrected chi connectivity index (χ1v) is 8.12. The normalized spacial score (nSPS) is 20.9. The van der Waals surface area contributed by atoms with E-state index in [1.807, 2.05) is 11.8 Å². The number of nitrogens with one attached hydrogen (secondary N) is 2. The lowest BCUT2D eigenvalue weighted by molar-refractivity contribution is 0.0586. The lowest BCUT2D eigenvalue weighted by atomic mass is 9.97. The van der Waals surface area contributed by atoms with Gasteiger partial charge in [-0.25, -0.2) is 9.97 Å². The number of imidazole rings is 2. The number of halogens is 1. The van der Waals surface area contributed by atoms with Crippen LogP contribution in [0.2, 0.25) is 5.28 Å². The maximum absolute atomic E-state index is 12.6. The van der Waals surface area contributed by atoms with Crippen molar-refractivity contribution in [2.75, 3.05) is 6.54 Å². The molecular weight excluding hydrogens is 332 g/mol. The van der Waals surface area contributed by atoms with Crippen LogP contribution in [0.25, 0.3) is 0 Å². The zero-order chi connectivity index (χ0) is 17.3. The fourth-order valence-electron chi connectivity index (χ4n) is 2.99. The average Bonchev–Trinajstić information content (AvgIpc) is 3.15. The fraction of sp³-hybridized carbons (Fsp3) is 0.467. The molecule has 8 nitrogen and oxygen atoms in total. The minimum atomic E-state index is -0.238. The van der Waals surface area contributed by atoms with Gasteiger partial charge in [-0.05, 0) is 31.4 Å². The third kappa shape index (κ3) is 3.28. The van der Waals surface area contributed by atoms with E-state index < -0.39 is 0 Å². The maximum atomic E-state index is 12.6. The molecular formula is C15H19ClN6O2. The Morgan fingerprint density at radius 2 is 2.21 bits per heavy atom. The molecule has 9 heteroatoms. The van der Waals surface area contributed by atoms with Crippen molar-refractivity contribution in [2.24, 2.45) is 7.05 Å². The monoisotopic (exact) mass is 350 g/mol. The minimum absolute atomic E-state index is 0.00478. The summed E-state index contributed by atoms with van der Waals surface area (Å²) >= 11 is 5.69. The molecule has 1 aliphatic heterocycles. The van der Waals surface area contributed by atoms with Gasteiger partial charge in [-0.2, -0.15) is 0 Å². The molecule has 2 aromatic heterocycles. The van der Waals surface area contributed by atoms with Crippen LogP contribution in [-0.2, 0) is 7.05 Å². The molecule has 0 aliphatic carbocycles. The van der Waals surface area contributed by atoms with Crippen molar-refractivity contribution in [1.29, 1.82) is 0 Å². The molecule has 1 saturated heterocycles. The molecule has 2 aromatic rings. The molecule has 0 aromatic carbocycles. The van der Waals surface area contributed by atoms with Crippen molar-refractivity contribution < 1.29 is 9.59 Å². The van der Waals surface area contributed by atoms with E-state index in [9.17, 15) is 9.59 Å². The average molecular weight is 351 g/mol. The zero-order valence-corrected chi connectivity index (χ0v) is 14.2. The SMILES string of the molecule is CC1CC(NC(=O)c2cnc(Cl)[nH]2)CCN1C(=O)c1cncn1C. The summed E-state index contributed by atoms with van der Waals surface area (Å²) in [6, 6.07) is 0.0296. The van der Waals surface area contributed by atoms with E-state index in [1.165, 1.54) is 6.20 Å². The summed E-state index contributed by atoms with van der Waals surface area (Å²) in [5, 5.41) is 3.15. The van der Waals surface area contributed by atoms with E-state index in [1.54, 1.807) is 24.1 Å². The Balaban J connectivity index is 1.60. The third-order valence-corrected chi connectivity index (χ3v) is 4.49. The van der Waals surface area contributed by atoms with Gasteiger partial charge in [-0.3, -0.25) is 9.59 Å². The van der Waals surface area contributed by atoms with Gasteiger partial charge in [0.15, 0.2) is 0 Å². The van der Waals surface area contributed by atoms with E-state index >= 15 is 0 Å². The number of aryl methyl sites for hydroxylation is 1. The second-order valence-corrected chi connectivity index (χ2v) is 6.38. The van der Waals surface area contributed by atoms with Crippen molar-refractivity contribution >= 4 is 23.4 Å². The van der Waals surface area contributed by atoms with E-state index in [4.69, 9.17) is 11.6 Å². The molecule has 0 spiro atoms. The van der Waals surface area contributed by atoms with Crippen LogP contribution in [0.15, 0.2) is 18.7 Å². The van der Waals surface area contributed by atoms with Crippen molar-refractivity contribution in [2.45, 2.75) is 31.8 Å². The van der Waals surface area contributed by atoms with Gasteiger partial charge in [-0.15, -0.1) is 0 Å². The molecule has 3 heterocycles. The van der Waals surface area contributed by atoms with Crippen LogP contribution in [0.4, 0.5) is 0 Å². The summed E-state index contributed by atoms with van der Waals surface area (Å²) in [6.07, 6.45) is 5.98. The minimum Gasteiger partial charge on any atom is -0.348 e. The number of rotatable bonds is 3. The van der Waals surface area contributed by atoms with Gasteiger partial charge >= 0.3 is 0 Å². The van der Waals surface area contributed by atoms with Crippen molar-refractivity contribution in [3.63, 3.8) is 0 Å². The Hall–Kier alpha value is -2.35. The Labute approximate surface area is 144 Å². The highest BCUT2D eigenvalue weighted by Gasteiger charge is 2.31. The highest BCUT2D eigenvalue weighted by molar-refractivity contribution is 6.28. The van der Waals surface area contributed by atoms with E-state index in [-0.39, 0.29) is 29.2 Å². The van der Waals surface area contributed by atoms with Gasteiger partial charge in [0.2, 0.25) is 5.28 Å².